The van der Waals surface area contributed by atoms with Crippen molar-refractivity contribution in [1.29, 1.82) is 0 Å². The molecule has 150 valence electrons. The summed E-state index contributed by atoms with van der Waals surface area (Å²) in [6.45, 7) is 5.78. The van der Waals surface area contributed by atoms with E-state index in [1.54, 1.807) is 43.8 Å². The standard InChI is InChI=1S/C19H27N3O3S.HI/c1-5-20-19(22-12-18-13(2)6-7-26-18)21-11-17(23)14-8-15(24-3)10-16(9-14)25-4;/h6-10,17,23H,5,11-12H2,1-4H3,(H2,20,21,22);1H. The number of guanidine groups is 1. The fraction of sp³-hybridized carbons (Fsp3) is 0.421. The molecule has 1 unspecified atom stereocenters. The van der Waals surface area contributed by atoms with E-state index in [1.807, 2.05) is 6.92 Å². The molecule has 0 spiro atoms. The van der Waals surface area contributed by atoms with Gasteiger partial charge in [-0.2, -0.15) is 0 Å². The van der Waals surface area contributed by atoms with Crippen molar-refractivity contribution in [2.45, 2.75) is 26.5 Å². The van der Waals surface area contributed by atoms with Crippen molar-refractivity contribution >= 4 is 41.3 Å². The van der Waals surface area contributed by atoms with Crippen LogP contribution in [-0.2, 0) is 6.54 Å². The minimum atomic E-state index is -0.716. The number of aliphatic imine (C=N–C) groups is 1. The first-order valence-electron chi connectivity index (χ1n) is 8.53. The Morgan fingerprint density at radius 3 is 2.37 bits per heavy atom. The molecule has 1 heterocycles. The predicted octanol–water partition coefficient (Wildman–Crippen LogP) is 3.48. The number of hydrogen-bond donors (Lipinski definition) is 3. The Kier molecular flexibility index (Phi) is 10.5. The second-order valence-corrected chi connectivity index (χ2v) is 6.77. The van der Waals surface area contributed by atoms with Crippen LogP contribution < -0.4 is 20.1 Å². The molecule has 8 heteroatoms. The number of benzene rings is 1. The van der Waals surface area contributed by atoms with Crippen molar-refractivity contribution in [2.24, 2.45) is 4.99 Å². The molecule has 1 atom stereocenters. The number of thiophene rings is 1. The van der Waals surface area contributed by atoms with E-state index >= 15 is 0 Å². The number of ether oxygens (including phenoxy) is 2. The minimum Gasteiger partial charge on any atom is -0.497 e. The van der Waals surface area contributed by atoms with Gasteiger partial charge in [0.1, 0.15) is 11.5 Å². The topological polar surface area (TPSA) is 75.1 Å². The maximum Gasteiger partial charge on any atom is 0.191 e. The highest BCUT2D eigenvalue weighted by Crippen LogP contribution is 2.26. The van der Waals surface area contributed by atoms with Crippen LogP contribution in [0.25, 0.3) is 0 Å². The van der Waals surface area contributed by atoms with Gasteiger partial charge in [-0.05, 0) is 48.6 Å². The Hall–Kier alpha value is -1.52. The van der Waals surface area contributed by atoms with Gasteiger partial charge in [0.25, 0.3) is 0 Å². The molecule has 0 amide bonds. The zero-order valence-corrected chi connectivity index (χ0v) is 19.3. The van der Waals surface area contributed by atoms with Gasteiger partial charge in [0.2, 0.25) is 0 Å². The van der Waals surface area contributed by atoms with Crippen LogP contribution >= 0.6 is 35.3 Å². The van der Waals surface area contributed by atoms with Gasteiger partial charge in [0, 0.05) is 24.0 Å². The number of hydrogen-bond acceptors (Lipinski definition) is 5. The van der Waals surface area contributed by atoms with E-state index in [0.29, 0.717) is 30.5 Å². The van der Waals surface area contributed by atoms with Crippen molar-refractivity contribution < 1.29 is 14.6 Å². The van der Waals surface area contributed by atoms with E-state index in [0.717, 1.165) is 12.1 Å². The second-order valence-electron chi connectivity index (χ2n) is 5.76. The Labute approximate surface area is 182 Å². The number of aliphatic hydroxyl groups is 1. The Morgan fingerprint density at radius 1 is 1.19 bits per heavy atom. The molecule has 3 N–H and O–H groups in total. The summed E-state index contributed by atoms with van der Waals surface area (Å²) in [4.78, 5) is 5.83. The number of halogens is 1. The highest BCUT2D eigenvalue weighted by molar-refractivity contribution is 14.0. The molecule has 0 bridgehead atoms. The number of aryl methyl sites for hydroxylation is 1. The van der Waals surface area contributed by atoms with Crippen molar-refractivity contribution in [3.63, 3.8) is 0 Å². The number of rotatable bonds is 8. The van der Waals surface area contributed by atoms with Crippen LogP contribution in [0, 0.1) is 6.92 Å². The summed E-state index contributed by atoms with van der Waals surface area (Å²) in [6, 6.07) is 7.47. The Balaban J connectivity index is 0.00000364. The summed E-state index contributed by atoms with van der Waals surface area (Å²) in [5, 5.41) is 19.0. The van der Waals surface area contributed by atoms with Gasteiger partial charge in [-0.25, -0.2) is 4.99 Å². The molecule has 1 aromatic heterocycles. The maximum absolute atomic E-state index is 10.5. The molecule has 0 aliphatic rings. The molecule has 0 radical (unpaired) electrons. The molecule has 0 aliphatic carbocycles. The molecule has 2 rings (SSSR count). The zero-order valence-electron chi connectivity index (χ0n) is 16.1. The lowest BCUT2D eigenvalue weighted by molar-refractivity contribution is 0.180. The van der Waals surface area contributed by atoms with Crippen LogP contribution in [-0.4, -0.2) is 38.4 Å². The molecule has 2 aromatic rings. The predicted molar refractivity (Wildman–Crippen MR) is 122 cm³/mol. The normalized spacial score (nSPS) is 12.1. The monoisotopic (exact) mass is 505 g/mol. The van der Waals surface area contributed by atoms with E-state index in [1.165, 1.54) is 10.4 Å². The van der Waals surface area contributed by atoms with E-state index < -0.39 is 6.10 Å². The molecule has 27 heavy (non-hydrogen) atoms. The van der Waals surface area contributed by atoms with Crippen molar-refractivity contribution in [1.82, 2.24) is 10.6 Å². The molecular weight excluding hydrogens is 477 g/mol. The number of nitrogens with one attached hydrogen (secondary N) is 2. The number of methoxy groups -OCH3 is 2. The first-order chi connectivity index (χ1) is 12.6. The molecule has 0 saturated heterocycles. The third-order valence-electron chi connectivity index (χ3n) is 3.91. The molecule has 0 saturated carbocycles. The van der Waals surface area contributed by atoms with Crippen molar-refractivity contribution in [2.75, 3.05) is 27.3 Å². The lowest BCUT2D eigenvalue weighted by Crippen LogP contribution is -2.39. The van der Waals surface area contributed by atoms with Gasteiger partial charge >= 0.3 is 0 Å². The number of aliphatic hydroxyl groups excluding tert-OH is 1. The van der Waals surface area contributed by atoms with E-state index in [2.05, 4.69) is 34.0 Å². The average molecular weight is 505 g/mol. The van der Waals surface area contributed by atoms with Gasteiger partial charge in [-0.15, -0.1) is 35.3 Å². The second kappa shape index (κ2) is 12.0. The first kappa shape index (κ1) is 23.5. The zero-order chi connectivity index (χ0) is 18.9. The van der Waals surface area contributed by atoms with Gasteiger partial charge < -0.3 is 25.2 Å². The first-order valence-corrected chi connectivity index (χ1v) is 9.41. The molecule has 0 aliphatic heterocycles. The average Bonchev–Trinajstić information content (AvgIpc) is 3.08. The Bertz CT molecular complexity index is 714. The highest BCUT2D eigenvalue weighted by atomic mass is 127. The van der Waals surface area contributed by atoms with Crippen LogP contribution in [0.2, 0.25) is 0 Å². The summed E-state index contributed by atoms with van der Waals surface area (Å²) >= 11 is 1.70. The van der Waals surface area contributed by atoms with Gasteiger partial charge in [0.15, 0.2) is 5.96 Å². The third-order valence-corrected chi connectivity index (χ3v) is 4.92. The van der Waals surface area contributed by atoms with Crippen LogP contribution in [0.1, 0.15) is 29.0 Å². The van der Waals surface area contributed by atoms with E-state index in [4.69, 9.17) is 9.47 Å². The molecule has 0 fully saturated rings. The molecule has 6 nitrogen and oxygen atoms in total. The SMILES string of the molecule is CCNC(=NCc1sccc1C)NCC(O)c1cc(OC)cc(OC)c1.I. The lowest BCUT2D eigenvalue weighted by Gasteiger charge is -2.17. The summed E-state index contributed by atoms with van der Waals surface area (Å²) in [7, 11) is 3.18. The van der Waals surface area contributed by atoms with Gasteiger partial charge in [-0.1, -0.05) is 0 Å². The lowest BCUT2D eigenvalue weighted by atomic mass is 10.1. The summed E-state index contributed by atoms with van der Waals surface area (Å²) < 4.78 is 10.5. The van der Waals surface area contributed by atoms with Crippen LogP contribution in [0.4, 0.5) is 0 Å². The number of nitrogens with zero attached hydrogens (tertiary/aromatic N) is 1. The van der Waals surface area contributed by atoms with Gasteiger partial charge in [-0.3, -0.25) is 0 Å². The fourth-order valence-electron chi connectivity index (χ4n) is 2.39. The minimum absolute atomic E-state index is 0. The smallest absolute Gasteiger partial charge is 0.191 e. The van der Waals surface area contributed by atoms with Gasteiger partial charge in [0.05, 0.1) is 26.9 Å². The molecular formula is C19H28IN3O3S. The summed E-state index contributed by atoms with van der Waals surface area (Å²) in [5.41, 5.74) is 1.97. The Morgan fingerprint density at radius 2 is 1.85 bits per heavy atom. The molecule has 1 aromatic carbocycles. The summed E-state index contributed by atoms with van der Waals surface area (Å²) in [5.74, 6) is 1.97. The quantitative estimate of drug-likeness (QED) is 0.291. The van der Waals surface area contributed by atoms with Crippen molar-refractivity contribution in [3.8, 4) is 11.5 Å². The van der Waals surface area contributed by atoms with Crippen LogP contribution in [0.15, 0.2) is 34.6 Å². The van der Waals surface area contributed by atoms with Crippen LogP contribution in [0.5, 0.6) is 11.5 Å². The maximum atomic E-state index is 10.5. The van der Waals surface area contributed by atoms with E-state index in [-0.39, 0.29) is 24.0 Å². The largest absolute Gasteiger partial charge is 0.497 e. The fourth-order valence-corrected chi connectivity index (χ4v) is 3.22. The van der Waals surface area contributed by atoms with Crippen molar-refractivity contribution in [3.05, 3.63) is 45.6 Å². The van der Waals surface area contributed by atoms with Crippen LogP contribution in [0.3, 0.4) is 0 Å². The van der Waals surface area contributed by atoms with E-state index in [9.17, 15) is 5.11 Å². The highest BCUT2D eigenvalue weighted by Gasteiger charge is 2.12. The summed E-state index contributed by atoms with van der Waals surface area (Å²) in [6.07, 6.45) is -0.716. The third kappa shape index (κ3) is 7.19.